The van der Waals surface area contributed by atoms with Gasteiger partial charge in [0.05, 0.1) is 12.8 Å². The van der Waals surface area contributed by atoms with Crippen LogP contribution in [-0.2, 0) is 16.0 Å². The molecule has 0 amide bonds. The van der Waals surface area contributed by atoms with Gasteiger partial charge < -0.3 is 9.64 Å². The highest BCUT2D eigenvalue weighted by Gasteiger charge is 2.26. The van der Waals surface area contributed by atoms with Crippen molar-refractivity contribution in [2.24, 2.45) is 5.92 Å². The molecule has 1 atom stereocenters. The largest absolute Gasteiger partial charge is 0.467 e. The summed E-state index contributed by atoms with van der Waals surface area (Å²) in [6.07, 6.45) is 1.25. The monoisotopic (exact) mass is 323 g/mol. The molecular weight excluding hydrogens is 294 g/mol. The van der Waals surface area contributed by atoms with Crippen LogP contribution in [0.5, 0.6) is 0 Å². The molecule has 1 heterocycles. The van der Waals surface area contributed by atoms with Crippen LogP contribution >= 0.6 is 0 Å². The molecule has 6 heteroatoms. The van der Waals surface area contributed by atoms with Gasteiger partial charge in [0.15, 0.2) is 6.04 Å². The number of rotatable bonds is 7. The molecule has 0 N–H and O–H groups in total. The molecule has 0 fully saturated rings. The van der Waals surface area contributed by atoms with Crippen LogP contribution in [0.25, 0.3) is 0 Å². The van der Waals surface area contributed by atoms with Crippen LogP contribution in [0.15, 0.2) is 4.79 Å². The first kappa shape index (κ1) is 19.4. The lowest BCUT2D eigenvalue weighted by Crippen LogP contribution is -2.36. The molecular formula is C17H29N3O3. The van der Waals surface area contributed by atoms with Crippen molar-refractivity contribution >= 4 is 5.97 Å². The van der Waals surface area contributed by atoms with Crippen LogP contribution in [0.2, 0.25) is 0 Å². The Kier molecular flexibility index (Phi) is 6.94. The molecule has 6 nitrogen and oxygen atoms in total. The second kappa shape index (κ2) is 8.24. The van der Waals surface area contributed by atoms with Crippen molar-refractivity contribution in [2.75, 3.05) is 27.7 Å². The zero-order chi connectivity index (χ0) is 17.7. The average molecular weight is 323 g/mol. The standard InChI is InChI=1S/C17H29N3O3/c1-11(2)10-15(17(22)23-7)20-16(21)13(4)12(3)14(18-20)8-9-19(5)6/h11,15H,8-10H2,1-7H3. The Morgan fingerprint density at radius 3 is 2.35 bits per heavy atom. The van der Waals surface area contributed by atoms with E-state index in [9.17, 15) is 9.59 Å². The minimum absolute atomic E-state index is 0.216. The molecule has 0 saturated heterocycles. The van der Waals surface area contributed by atoms with Crippen LogP contribution < -0.4 is 5.56 Å². The molecule has 1 unspecified atom stereocenters. The summed E-state index contributed by atoms with van der Waals surface area (Å²) < 4.78 is 6.20. The van der Waals surface area contributed by atoms with Crippen molar-refractivity contribution in [1.29, 1.82) is 0 Å². The maximum absolute atomic E-state index is 12.6. The van der Waals surface area contributed by atoms with Crippen molar-refractivity contribution in [3.63, 3.8) is 0 Å². The first-order chi connectivity index (χ1) is 10.7. The van der Waals surface area contributed by atoms with E-state index in [0.29, 0.717) is 12.0 Å². The fourth-order valence-corrected chi connectivity index (χ4v) is 2.46. The van der Waals surface area contributed by atoms with E-state index in [2.05, 4.69) is 10.00 Å². The molecule has 130 valence electrons. The van der Waals surface area contributed by atoms with E-state index in [1.807, 2.05) is 34.9 Å². The van der Waals surface area contributed by atoms with E-state index < -0.39 is 12.0 Å². The highest BCUT2D eigenvalue weighted by atomic mass is 16.5. The second-order valence-electron chi connectivity index (χ2n) is 6.67. The van der Waals surface area contributed by atoms with Gasteiger partial charge in [0.1, 0.15) is 0 Å². The van der Waals surface area contributed by atoms with E-state index in [1.54, 1.807) is 6.92 Å². The SMILES string of the molecule is COC(=O)C(CC(C)C)n1nc(CCN(C)C)c(C)c(C)c1=O. The van der Waals surface area contributed by atoms with Crippen LogP contribution in [0.3, 0.4) is 0 Å². The summed E-state index contributed by atoms with van der Waals surface area (Å²) in [6, 6.07) is -0.676. The van der Waals surface area contributed by atoms with E-state index in [1.165, 1.54) is 11.8 Å². The van der Waals surface area contributed by atoms with Crippen molar-refractivity contribution in [2.45, 2.75) is 46.6 Å². The van der Waals surface area contributed by atoms with Crippen molar-refractivity contribution < 1.29 is 9.53 Å². The van der Waals surface area contributed by atoms with Crippen LogP contribution in [0.1, 0.15) is 43.1 Å². The normalized spacial score (nSPS) is 12.7. The predicted octanol–water partition coefficient (Wildman–Crippen LogP) is 1.72. The minimum atomic E-state index is -0.676. The molecule has 23 heavy (non-hydrogen) atoms. The maximum Gasteiger partial charge on any atom is 0.330 e. The summed E-state index contributed by atoms with van der Waals surface area (Å²) in [7, 11) is 5.33. The molecule has 0 spiro atoms. The predicted molar refractivity (Wildman–Crippen MR) is 90.7 cm³/mol. The van der Waals surface area contributed by atoms with E-state index in [-0.39, 0.29) is 11.5 Å². The third-order valence-electron chi connectivity index (χ3n) is 4.01. The Bertz CT molecular complexity index is 606. The van der Waals surface area contributed by atoms with Gasteiger partial charge in [-0.15, -0.1) is 0 Å². The van der Waals surface area contributed by atoms with Gasteiger partial charge in [-0.1, -0.05) is 13.8 Å². The molecule has 0 bridgehead atoms. The summed E-state index contributed by atoms with van der Waals surface area (Å²) in [5.41, 5.74) is 2.19. The topological polar surface area (TPSA) is 64.4 Å². The maximum atomic E-state index is 12.6. The number of hydrogen-bond acceptors (Lipinski definition) is 5. The zero-order valence-electron chi connectivity index (χ0n) is 15.3. The molecule has 1 rings (SSSR count). The van der Waals surface area contributed by atoms with Gasteiger partial charge in [-0.05, 0) is 45.8 Å². The molecule has 0 aliphatic heterocycles. The lowest BCUT2D eigenvalue weighted by molar-refractivity contribution is -0.145. The number of nitrogens with zero attached hydrogens (tertiary/aromatic N) is 3. The van der Waals surface area contributed by atoms with Crippen molar-refractivity contribution in [1.82, 2.24) is 14.7 Å². The Balaban J connectivity index is 3.36. The van der Waals surface area contributed by atoms with Crippen molar-refractivity contribution in [3.05, 3.63) is 27.2 Å². The number of carbonyl (C=O) groups is 1. The van der Waals surface area contributed by atoms with E-state index in [4.69, 9.17) is 4.74 Å². The number of hydrogen-bond donors (Lipinski definition) is 0. The number of ether oxygens (including phenoxy) is 1. The zero-order valence-corrected chi connectivity index (χ0v) is 15.3. The fraction of sp³-hybridized carbons (Fsp3) is 0.706. The first-order valence-corrected chi connectivity index (χ1v) is 8.00. The lowest BCUT2D eigenvalue weighted by Gasteiger charge is -2.21. The second-order valence-corrected chi connectivity index (χ2v) is 6.67. The molecule has 1 aromatic heterocycles. The lowest BCUT2D eigenvalue weighted by atomic mass is 10.0. The summed E-state index contributed by atoms with van der Waals surface area (Å²) in [5, 5.41) is 4.50. The van der Waals surface area contributed by atoms with Gasteiger partial charge in [-0.25, -0.2) is 9.48 Å². The summed E-state index contributed by atoms with van der Waals surface area (Å²) in [4.78, 5) is 26.8. The van der Waals surface area contributed by atoms with Crippen LogP contribution in [0, 0.1) is 19.8 Å². The average Bonchev–Trinajstić information content (AvgIpc) is 2.49. The van der Waals surface area contributed by atoms with Gasteiger partial charge >= 0.3 is 5.97 Å². The molecule has 0 aliphatic carbocycles. The van der Waals surface area contributed by atoms with Crippen LogP contribution in [0.4, 0.5) is 0 Å². The Hall–Kier alpha value is -1.69. The van der Waals surface area contributed by atoms with Crippen molar-refractivity contribution in [3.8, 4) is 0 Å². The number of methoxy groups -OCH3 is 1. The van der Waals surface area contributed by atoms with Gasteiger partial charge in [0.2, 0.25) is 0 Å². The molecule has 0 aromatic carbocycles. The van der Waals surface area contributed by atoms with E-state index in [0.717, 1.165) is 24.2 Å². The number of carbonyl (C=O) groups excluding carboxylic acids is 1. The molecule has 0 aliphatic rings. The van der Waals surface area contributed by atoms with Gasteiger partial charge in [0.25, 0.3) is 5.56 Å². The number of esters is 1. The van der Waals surface area contributed by atoms with Gasteiger partial charge in [0, 0.05) is 18.5 Å². The highest BCUT2D eigenvalue weighted by molar-refractivity contribution is 5.73. The number of likely N-dealkylation sites (N-methyl/N-ethyl adjacent to an activating group) is 1. The third kappa shape index (κ3) is 4.89. The van der Waals surface area contributed by atoms with Gasteiger partial charge in [-0.2, -0.15) is 5.10 Å². The summed E-state index contributed by atoms with van der Waals surface area (Å²) in [6.45, 7) is 8.55. The minimum Gasteiger partial charge on any atom is -0.467 e. The smallest absolute Gasteiger partial charge is 0.330 e. The fourth-order valence-electron chi connectivity index (χ4n) is 2.46. The molecule has 1 aromatic rings. The first-order valence-electron chi connectivity index (χ1n) is 8.00. The molecule has 0 saturated carbocycles. The summed E-state index contributed by atoms with van der Waals surface area (Å²) >= 11 is 0. The van der Waals surface area contributed by atoms with Crippen LogP contribution in [-0.4, -0.2) is 48.4 Å². The Morgan fingerprint density at radius 2 is 1.87 bits per heavy atom. The van der Waals surface area contributed by atoms with Gasteiger partial charge in [-0.3, -0.25) is 4.79 Å². The summed E-state index contributed by atoms with van der Waals surface area (Å²) in [5.74, 6) is -0.172. The molecule has 0 radical (unpaired) electrons. The highest BCUT2D eigenvalue weighted by Crippen LogP contribution is 2.18. The number of aromatic nitrogens is 2. The third-order valence-corrected chi connectivity index (χ3v) is 4.01. The Labute approximate surface area is 138 Å². The Morgan fingerprint density at radius 1 is 1.26 bits per heavy atom. The quantitative estimate of drug-likeness (QED) is 0.715. The van der Waals surface area contributed by atoms with E-state index >= 15 is 0 Å².